The summed E-state index contributed by atoms with van der Waals surface area (Å²) >= 11 is 0. The molecule has 1 aliphatic carbocycles. The first-order chi connectivity index (χ1) is 8.20. The standard InChI is InChI=1S/C14H17NO2/c1-10-3-5-11(6-4-10)14(16)12-7-13(17-2)9-15-8-12/h5,7-10H,3-4,6H2,1-2H3. The summed E-state index contributed by atoms with van der Waals surface area (Å²) in [4.78, 5) is 16.2. The van der Waals surface area contributed by atoms with Crippen molar-refractivity contribution in [3.63, 3.8) is 0 Å². The van der Waals surface area contributed by atoms with Crippen molar-refractivity contribution in [1.82, 2.24) is 4.98 Å². The van der Waals surface area contributed by atoms with Crippen molar-refractivity contribution in [2.24, 2.45) is 5.92 Å². The van der Waals surface area contributed by atoms with Gasteiger partial charge in [-0.2, -0.15) is 0 Å². The molecule has 1 aromatic rings. The molecule has 0 spiro atoms. The van der Waals surface area contributed by atoms with Gasteiger partial charge in [0, 0.05) is 11.8 Å². The van der Waals surface area contributed by atoms with E-state index in [0.717, 1.165) is 24.8 Å². The highest BCUT2D eigenvalue weighted by atomic mass is 16.5. The smallest absolute Gasteiger partial charge is 0.190 e. The average molecular weight is 231 g/mol. The van der Waals surface area contributed by atoms with Crippen LogP contribution < -0.4 is 4.74 Å². The minimum Gasteiger partial charge on any atom is -0.495 e. The van der Waals surface area contributed by atoms with E-state index in [9.17, 15) is 4.79 Å². The van der Waals surface area contributed by atoms with Crippen molar-refractivity contribution in [2.45, 2.75) is 26.2 Å². The molecule has 1 aromatic heterocycles. The Morgan fingerprint density at radius 2 is 2.29 bits per heavy atom. The highest BCUT2D eigenvalue weighted by molar-refractivity contribution is 6.08. The second-order valence-electron chi connectivity index (χ2n) is 4.55. The van der Waals surface area contributed by atoms with Crippen LogP contribution in [0.4, 0.5) is 0 Å². The number of carbonyl (C=O) groups is 1. The zero-order chi connectivity index (χ0) is 12.3. The molecule has 90 valence electrons. The van der Waals surface area contributed by atoms with Crippen LogP contribution in [0.2, 0.25) is 0 Å². The molecule has 0 saturated heterocycles. The second-order valence-corrected chi connectivity index (χ2v) is 4.55. The molecule has 0 amide bonds. The fourth-order valence-corrected chi connectivity index (χ4v) is 2.01. The first-order valence-electron chi connectivity index (χ1n) is 5.93. The van der Waals surface area contributed by atoms with Crippen LogP contribution in [-0.2, 0) is 0 Å². The molecule has 1 atom stereocenters. The highest BCUT2D eigenvalue weighted by Gasteiger charge is 2.17. The Bertz CT molecular complexity index is 451. The van der Waals surface area contributed by atoms with Gasteiger partial charge in [-0.25, -0.2) is 0 Å². The molecule has 1 aliphatic rings. The van der Waals surface area contributed by atoms with Gasteiger partial charge in [0.1, 0.15) is 5.75 Å². The molecule has 1 heterocycles. The number of carbonyl (C=O) groups excluding carboxylic acids is 1. The molecule has 0 saturated carbocycles. The molecule has 0 aliphatic heterocycles. The monoisotopic (exact) mass is 231 g/mol. The Morgan fingerprint density at radius 3 is 2.94 bits per heavy atom. The van der Waals surface area contributed by atoms with Crippen molar-refractivity contribution in [1.29, 1.82) is 0 Å². The lowest BCUT2D eigenvalue weighted by Crippen LogP contribution is -2.10. The minimum atomic E-state index is 0.0864. The van der Waals surface area contributed by atoms with Gasteiger partial charge in [-0.1, -0.05) is 13.0 Å². The minimum absolute atomic E-state index is 0.0864. The number of methoxy groups -OCH3 is 1. The second kappa shape index (κ2) is 5.13. The van der Waals surface area contributed by atoms with Crippen LogP contribution in [0, 0.1) is 5.92 Å². The van der Waals surface area contributed by atoms with Gasteiger partial charge >= 0.3 is 0 Å². The van der Waals surface area contributed by atoms with E-state index in [1.807, 2.05) is 0 Å². The molecular weight excluding hydrogens is 214 g/mol. The van der Waals surface area contributed by atoms with Gasteiger partial charge < -0.3 is 4.74 Å². The van der Waals surface area contributed by atoms with E-state index in [-0.39, 0.29) is 5.78 Å². The van der Waals surface area contributed by atoms with Gasteiger partial charge in [-0.3, -0.25) is 9.78 Å². The zero-order valence-corrected chi connectivity index (χ0v) is 10.3. The lowest BCUT2D eigenvalue weighted by atomic mass is 9.88. The first-order valence-corrected chi connectivity index (χ1v) is 5.93. The normalized spacial score (nSPS) is 19.6. The highest BCUT2D eigenvalue weighted by Crippen LogP contribution is 2.25. The number of nitrogens with zero attached hydrogens (tertiary/aromatic N) is 1. The number of hydrogen-bond donors (Lipinski definition) is 0. The fraction of sp³-hybridized carbons (Fsp3) is 0.429. The summed E-state index contributed by atoms with van der Waals surface area (Å²) in [5.41, 5.74) is 1.53. The summed E-state index contributed by atoms with van der Waals surface area (Å²) in [5, 5.41) is 0. The van der Waals surface area contributed by atoms with Crippen LogP contribution in [0.25, 0.3) is 0 Å². The zero-order valence-electron chi connectivity index (χ0n) is 10.3. The summed E-state index contributed by atoms with van der Waals surface area (Å²) in [7, 11) is 1.58. The lowest BCUT2D eigenvalue weighted by molar-refractivity contribution is 0.102. The molecule has 3 heteroatoms. The van der Waals surface area contributed by atoms with Gasteiger partial charge in [0.05, 0.1) is 13.3 Å². The number of pyridine rings is 1. The van der Waals surface area contributed by atoms with Crippen molar-refractivity contribution in [2.75, 3.05) is 7.11 Å². The molecule has 0 aromatic carbocycles. The Hall–Kier alpha value is -1.64. The van der Waals surface area contributed by atoms with Crippen LogP contribution in [-0.4, -0.2) is 17.9 Å². The van der Waals surface area contributed by atoms with E-state index in [1.165, 1.54) is 0 Å². The predicted octanol–water partition coefficient (Wildman–Crippen LogP) is 3.02. The van der Waals surface area contributed by atoms with Gasteiger partial charge in [0.25, 0.3) is 0 Å². The molecular formula is C14H17NO2. The summed E-state index contributed by atoms with van der Waals surface area (Å²) in [5.74, 6) is 1.40. The summed E-state index contributed by atoms with van der Waals surface area (Å²) < 4.78 is 5.08. The third-order valence-electron chi connectivity index (χ3n) is 3.18. The maximum Gasteiger partial charge on any atom is 0.190 e. The summed E-state index contributed by atoms with van der Waals surface area (Å²) in [6, 6.07) is 1.74. The predicted molar refractivity (Wildman–Crippen MR) is 66.2 cm³/mol. The van der Waals surface area contributed by atoms with Crippen LogP contribution >= 0.6 is 0 Å². The molecule has 0 bridgehead atoms. The maximum absolute atomic E-state index is 12.2. The Kier molecular flexibility index (Phi) is 3.57. The number of ketones is 1. The molecule has 0 N–H and O–H groups in total. The molecule has 17 heavy (non-hydrogen) atoms. The quantitative estimate of drug-likeness (QED) is 0.751. The Morgan fingerprint density at radius 1 is 1.47 bits per heavy atom. The van der Waals surface area contributed by atoms with Crippen molar-refractivity contribution < 1.29 is 9.53 Å². The fourth-order valence-electron chi connectivity index (χ4n) is 2.01. The van der Waals surface area contributed by atoms with Gasteiger partial charge in [-0.05, 0) is 36.8 Å². The van der Waals surface area contributed by atoms with Crippen LogP contribution in [0.5, 0.6) is 5.75 Å². The van der Waals surface area contributed by atoms with E-state index in [4.69, 9.17) is 4.74 Å². The Labute approximate surface area is 102 Å². The van der Waals surface area contributed by atoms with E-state index < -0.39 is 0 Å². The van der Waals surface area contributed by atoms with Crippen LogP contribution in [0.3, 0.4) is 0 Å². The molecule has 3 nitrogen and oxygen atoms in total. The SMILES string of the molecule is COc1cncc(C(=O)C2=CCC(C)CC2)c1. The van der Waals surface area contributed by atoms with Crippen molar-refractivity contribution in [3.8, 4) is 5.75 Å². The van der Waals surface area contributed by atoms with Gasteiger partial charge in [-0.15, -0.1) is 0 Å². The topological polar surface area (TPSA) is 39.2 Å². The largest absolute Gasteiger partial charge is 0.495 e. The third kappa shape index (κ3) is 2.73. The molecule has 0 fully saturated rings. The van der Waals surface area contributed by atoms with E-state index in [0.29, 0.717) is 17.2 Å². The number of allylic oxidation sites excluding steroid dienone is 2. The third-order valence-corrected chi connectivity index (χ3v) is 3.18. The van der Waals surface area contributed by atoms with E-state index in [2.05, 4.69) is 18.0 Å². The molecule has 0 radical (unpaired) electrons. The number of aromatic nitrogens is 1. The number of hydrogen-bond acceptors (Lipinski definition) is 3. The van der Waals surface area contributed by atoms with Crippen molar-refractivity contribution >= 4 is 5.78 Å². The average Bonchev–Trinajstić information content (AvgIpc) is 2.39. The molecule has 2 rings (SSSR count). The van der Waals surface area contributed by atoms with Gasteiger partial charge in [0.2, 0.25) is 0 Å². The number of rotatable bonds is 3. The van der Waals surface area contributed by atoms with E-state index in [1.54, 1.807) is 25.6 Å². The van der Waals surface area contributed by atoms with Gasteiger partial charge in [0.15, 0.2) is 5.78 Å². The first kappa shape index (κ1) is 11.8. The summed E-state index contributed by atoms with van der Waals surface area (Å²) in [6.45, 7) is 2.21. The molecule has 1 unspecified atom stereocenters. The summed E-state index contributed by atoms with van der Waals surface area (Å²) in [6.07, 6.45) is 8.23. The number of Topliss-reactive ketones (excluding diaryl/α,β-unsaturated/α-hetero) is 1. The van der Waals surface area contributed by atoms with Crippen LogP contribution in [0.1, 0.15) is 36.5 Å². The lowest BCUT2D eigenvalue weighted by Gasteiger charge is -2.17. The van der Waals surface area contributed by atoms with E-state index >= 15 is 0 Å². The number of ether oxygens (including phenoxy) is 1. The Balaban J connectivity index is 2.19. The maximum atomic E-state index is 12.2. The van der Waals surface area contributed by atoms with Crippen LogP contribution in [0.15, 0.2) is 30.1 Å². The van der Waals surface area contributed by atoms with Crippen molar-refractivity contribution in [3.05, 3.63) is 35.7 Å².